The maximum Gasteiger partial charge on any atom is 0.238 e. The third kappa shape index (κ3) is 3.63. The Kier molecular flexibility index (Phi) is 4.68. The van der Waals surface area contributed by atoms with Crippen molar-refractivity contribution in [1.29, 1.82) is 5.26 Å². The third-order valence-electron chi connectivity index (χ3n) is 4.47. The van der Waals surface area contributed by atoms with E-state index in [1.807, 2.05) is 6.07 Å². The number of aromatic nitrogens is 3. The second kappa shape index (κ2) is 6.88. The van der Waals surface area contributed by atoms with E-state index in [1.165, 1.54) is 12.8 Å². The summed E-state index contributed by atoms with van der Waals surface area (Å²) in [4.78, 5) is 15.1. The SMILES string of the molecule is CC1CCC(Nc2nc(C#N)nc(N3CCNCC3)n2)CC1. The van der Waals surface area contributed by atoms with E-state index in [-0.39, 0.29) is 5.82 Å². The summed E-state index contributed by atoms with van der Waals surface area (Å²) in [5.74, 6) is 2.15. The van der Waals surface area contributed by atoms with Crippen molar-refractivity contribution < 1.29 is 0 Å². The highest BCUT2D eigenvalue weighted by Gasteiger charge is 2.21. The average Bonchev–Trinajstić information content (AvgIpc) is 2.57. The number of piperazine rings is 1. The monoisotopic (exact) mass is 301 g/mol. The number of hydrogen-bond donors (Lipinski definition) is 2. The van der Waals surface area contributed by atoms with Crippen LogP contribution < -0.4 is 15.5 Å². The van der Waals surface area contributed by atoms with Gasteiger partial charge in [-0.3, -0.25) is 0 Å². The predicted octanol–water partition coefficient (Wildman–Crippen LogP) is 1.14. The Morgan fingerprint density at radius 1 is 1.14 bits per heavy atom. The minimum Gasteiger partial charge on any atom is -0.351 e. The lowest BCUT2D eigenvalue weighted by atomic mass is 9.87. The summed E-state index contributed by atoms with van der Waals surface area (Å²) >= 11 is 0. The van der Waals surface area contributed by atoms with Gasteiger partial charge in [-0.2, -0.15) is 20.2 Å². The van der Waals surface area contributed by atoms with E-state index in [0.717, 1.165) is 44.9 Å². The van der Waals surface area contributed by atoms with E-state index in [0.29, 0.717) is 17.9 Å². The number of nitriles is 1. The lowest BCUT2D eigenvalue weighted by Gasteiger charge is -2.29. The topological polar surface area (TPSA) is 89.8 Å². The quantitative estimate of drug-likeness (QED) is 0.865. The van der Waals surface area contributed by atoms with E-state index in [1.54, 1.807) is 0 Å². The molecular formula is C15H23N7. The molecule has 0 amide bonds. The summed E-state index contributed by atoms with van der Waals surface area (Å²) in [6.45, 7) is 5.84. The maximum absolute atomic E-state index is 9.16. The molecule has 0 spiro atoms. The van der Waals surface area contributed by atoms with E-state index >= 15 is 0 Å². The second-order valence-corrected chi connectivity index (χ2v) is 6.23. The van der Waals surface area contributed by atoms with Crippen LogP contribution in [0.2, 0.25) is 0 Å². The largest absolute Gasteiger partial charge is 0.351 e. The van der Waals surface area contributed by atoms with Crippen LogP contribution in [0.3, 0.4) is 0 Å². The van der Waals surface area contributed by atoms with Crippen LogP contribution in [0.4, 0.5) is 11.9 Å². The van der Waals surface area contributed by atoms with Gasteiger partial charge < -0.3 is 15.5 Å². The molecule has 0 unspecified atom stereocenters. The van der Waals surface area contributed by atoms with E-state index < -0.39 is 0 Å². The van der Waals surface area contributed by atoms with Crippen molar-refractivity contribution in [3.8, 4) is 6.07 Å². The Labute approximate surface area is 131 Å². The normalized spacial score (nSPS) is 25.5. The summed E-state index contributed by atoms with van der Waals surface area (Å²) in [6, 6.07) is 2.45. The molecule has 22 heavy (non-hydrogen) atoms. The molecule has 2 fully saturated rings. The predicted molar refractivity (Wildman–Crippen MR) is 84.7 cm³/mol. The van der Waals surface area contributed by atoms with Gasteiger partial charge in [-0.05, 0) is 31.6 Å². The van der Waals surface area contributed by atoms with E-state index in [4.69, 9.17) is 5.26 Å². The zero-order valence-corrected chi connectivity index (χ0v) is 13.0. The average molecular weight is 301 g/mol. The molecule has 1 aromatic rings. The molecule has 0 bridgehead atoms. The van der Waals surface area contributed by atoms with Crippen LogP contribution in [0.1, 0.15) is 38.4 Å². The van der Waals surface area contributed by atoms with E-state index in [9.17, 15) is 0 Å². The maximum atomic E-state index is 9.16. The Balaban J connectivity index is 1.74. The first-order chi connectivity index (χ1) is 10.7. The molecular weight excluding hydrogens is 278 g/mol. The Bertz CT molecular complexity index is 539. The molecule has 2 N–H and O–H groups in total. The summed E-state index contributed by atoms with van der Waals surface area (Å²) in [7, 11) is 0. The smallest absolute Gasteiger partial charge is 0.238 e. The minimum absolute atomic E-state index is 0.190. The molecule has 2 aliphatic rings. The third-order valence-corrected chi connectivity index (χ3v) is 4.47. The fourth-order valence-electron chi connectivity index (χ4n) is 3.07. The van der Waals surface area contributed by atoms with Crippen LogP contribution >= 0.6 is 0 Å². The summed E-state index contributed by atoms with van der Waals surface area (Å²) < 4.78 is 0. The lowest BCUT2D eigenvalue weighted by molar-refractivity contribution is 0.360. The Morgan fingerprint density at radius 2 is 1.86 bits per heavy atom. The standard InChI is InChI=1S/C15H23N7/c1-11-2-4-12(5-3-11)18-14-19-13(10-16)20-15(21-14)22-8-6-17-7-9-22/h11-12,17H,2-9H2,1H3,(H,18,19,20,21). The van der Waals surface area contributed by atoms with Crippen molar-refractivity contribution in [2.45, 2.75) is 38.6 Å². The summed E-state index contributed by atoms with van der Waals surface area (Å²) in [5.41, 5.74) is 0. The highest BCUT2D eigenvalue weighted by Crippen LogP contribution is 2.25. The molecule has 3 rings (SSSR count). The van der Waals surface area contributed by atoms with Crippen LogP contribution in [0, 0.1) is 17.2 Å². The van der Waals surface area contributed by atoms with Crippen LogP contribution in [0.25, 0.3) is 0 Å². The van der Waals surface area contributed by atoms with Gasteiger partial charge in [0.1, 0.15) is 6.07 Å². The second-order valence-electron chi connectivity index (χ2n) is 6.23. The fraction of sp³-hybridized carbons (Fsp3) is 0.733. The first kappa shape index (κ1) is 15.0. The lowest BCUT2D eigenvalue weighted by Crippen LogP contribution is -2.44. The van der Waals surface area contributed by atoms with Crippen molar-refractivity contribution in [2.75, 3.05) is 36.4 Å². The number of hydrogen-bond acceptors (Lipinski definition) is 7. The van der Waals surface area contributed by atoms with Crippen molar-refractivity contribution in [3.63, 3.8) is 0 Å². The molecule has 2 heterocycles. The summed E-state index contributed by atoms with van der Waals surface area (Å²) in [5, 5.41) is 15.9. The van der Waals surface area contributed by atoms with Gasteiger partial charge in [-0.25, -0.2) is 0 Å². The molecule has 118 valence electrons. The van der Waals surface area contributed by atoms with Crippen molar-refractivity contribution in [2.24, 2.45) is 5.92 Å². The first-order valence-electron chi connectivity index (χ1n) is 8.13. The molecule has 1 aliphatic carbocycles. The van der Waals surface area contributed by atoms with Gasteiger partial charge in [0.2, 0.25) is 17.7 Å². The van der Waals surface area contributed by atoms with Gasteiger partial charge in [0.15, 0.2) is 0 Å². The highest BCUT2D eigenvalue weighted by molar-refractivity contribution is 5.40. The first-order valence-corrected chi connectivity index (χ1v) is 8.13. The number of anilines is 2. The summed E-state index contributed by atoms with van der Waals surface area (Å²) in [6.07, 6.45) is 4.74. The van der Waals surface area contributed by atoms with Crippen LogP contribution in [0.15, 0.2) is 0 Å². The van der Waals surface area contributed by atoms with Gasteiger partial charge in [0.25, 0.3) is 0 Å². The molecule has 0 atom stereocenters. The Morgan fingerprint density at radius 3 is 2.55 bits per heavy atom. The number of nitrogens with zero attached hydrogens (tertiary/aromatic N) is 5. The molecule has 7 heteroatoms. The minimum atomic E-state index is 0.190. The Hall–Kier alpha value is -1.94. The van der Waals surface area contributed by atoms with Crippen molar-refractivity contribution >= 4 is 11.9 Å². The zero-order valence-electron chi connectivity index (χ0n) is 13.0. The van der Waals surface area contributed by atoms with Crippen LogP contribution in [-0.2, 0) is 0 Å². The molecule has 1 saturated carbocycles. The number of rotatable bonds is 3. The molecule has 0 radical (unpaired) electrons. The number of nitrogens with one attached hydrogen (secondary N) is 2. The molecule has 0 aromatic carbocycles. The van der Waals surface area contributed by atoms with Crippen LogP contribution in [-0.4, -0.2) is 47.2 Å². The van der Waals surface area contributed by atoms with Gasteiger partial charge in [-0.1, -0.05) is 6.92 Å². The molecule has 1 aliphatic heterocycles. The molecule has 7 nitrogen and oxygen atoms in total. The van der Waals surface area contributed by atoms with Gasteiger partial charge in [0, 0.05) is 32.2 Å². The van der Waals surface area contributed by atoms with Gasteiger partial charge in [0.05, 0.1) is 0 Å². The molecule has 1 saturated heterocycles. The zero-order chi connectivity index (χ0) is 15.4. The van der Waals surface area contributed by atoms with Crippen molar-refractivity contribution in [1.82, 2.24) is 20.3 Å². The van der Waals surface area contributed by atoms with E-state index in [2.05, 4.69) is 37.4 Å². The van der Waals surface area contributed by atoms with Crippen LogP contribution in [0.5, 0.6) is 0 Å². The van der Waals surface area contributed by atoms with Gasteiger partial charge in [-0.15, -0.1) is 0 Å². The van der Waals surface area contributed by atoms with Gasteiger partial charge >= 0.3 is 0 Å². The van der Waals surface area contributed by atoms with Crippen molar-refractivity contribution in [3.05, 3.63) is 5.82 Å². The molecule has 1 aromatic heterocycles. The fourth-order valence-corrected chi connectivity index (χ4v) is 3.07. The highest BCUT2D eigenvalue weighted by atomic mass is 15.3.